The van der Waals surface area contributed by atoms with E-state index >= 15 is 0 Å². The van der Waals surface area contributed by atoms with Crippen molar-refractivity contribution in [2.45, 2.75) is 0 Å². The normalized spacial score (nSPS) is 10.2. The molecule has 4 nitrogen and oxygen atoms in total. The summed E-state index contributed by atoms with van der Waals surface area (Å²) in [6.45, 7) is 0. The first-order valence-corrected chi connectivity index (χ1v) is 5.35. The van der Waals surface area contributed by atoms with Gasteiger partial charge in [0.25, 0.3) is 0 Å². The van der Waals surface area contributed by atoms with Crippen molar-refractivity contribution in [1.29, 1.82) is 5.26 Å². The molecule has 0 amide bonds. The van der Waals surface area contributed by atoms with Crippen LogP contribution in [0.4, 0.5) is 0 Å². The predicted molar refractivity (Wildman–Crippen MR) is 68.7 cm³/mol. The minimum atomic E-state index is 0.516. The summed E-state index contributed by atoms with van der Waals surface area (Å²) in [7, 11) is 1.55. The third-order valence-corrected chi connectivity index (χ3v) is 2.40. The van der Waals surface area contributed by atoms with E-state index < -0.39 is 0 Å². The monoisotopic (exact) mass is 237 g/mol. The SMILES string of the molecule is COc1ccc(/C=C/c2ccncn2)cc1C#N. The van der Waals surface area contributed by atoms with Gasteiger partial charge in [-0.1, -0.05) is 12.1 Å². The highest BCUT2D eigenvalue weighted by Gasteiger charge is 2.01. The number of aromatic nitrogens is 2. The Labute approximate surface area is 105 Å². The van der Waals surface area contributed by atoms with Crippen LogP contribution in [0.2, 0.25) is 0 Å². The highest BCUT2D eigenvalue weighted by atomic mass is 16.5. The van der Waals surface area contributed by atoms with E-state index in [9.17, 15) is 0 Å². The first kappa shape index (κ1) is 11.8. The van der Waals surface area contributed by atoms with E-state index in [2.05, 4.69) is 16.0 Å². The Bertz CT molecular complexity index is 600. The minimum Gasteiger partial charge on any atom is -0.495 e. The van der Waals surface area contributed by atoms with Crippen LogP contribution in [0.5, 0.6) is 5.75 Å². The first-order valence-electron chi connectivity index (χ1n) is 5.35. The Hall–Kier alpha value is -2.67. The lowest BCUT2D eigenvalue weighted by atomic mass is 10.1. The Kier molecular flexibility index (Phi) is 3.67. The lowest BCUT2D eigenvalue weighted by molar-refractivity contribution is 0.413. The van der Waals surface area contributed by atoms with Crippen LogP contribution in [0.15, 0.2) is 36.8 Å². The average molecular weight is 237 g/mol. The van der Waals surface area contributed by atoms with E-state index in [1.54, 1.807) is 25.4 Å². The van der Waals surface area contributed by atoms with Gasteiger partial charge in [0, 0.05) is 6.20 Å². The number of nitrogens with zero attached hydrogens (tertiary/aromatic N) is 3. The summed E-state index contributed by atoms with van der Waals surface area (Å²) in [4.78, 5) is 7.93. The predicted octanol–water partition coefficient (Wildman–Crippen LogP) is 2.53. The summed E-state index contributed by atoms with van der Waals surface area (Å²) < 4.78 is 5.09. The number of methoxy groups -OCH3 is 1. The molecule has 0 saturated carbocycles. The molecule has 0 unspecified atom stereocenters. The second-order valence-corrected chi connectivity index (χ2v) is 3.54. The zero-order valence-electron chi connectivity index (χ0n) is 9.87. The van der Waals surface area contributed by atoms with Gasteiger partial charge in [-0.2, -0.15) is 5.26 Å². The van der Waals surface area contributed by atoms with Gasteiger partial charge in [0.1, 0.15) is 18.1 Å². The maximum Gasteiger partial charge on any atom is 0.136 e. The fourth-order valence-corrected chi connectivity index (χ4v) is 1.50. The largest absolute Gasteiger partial charge is 0.495 e. The number of rotatable bonds is 3. The van der Waals surface area contributed by atoms with Crippen molar-refractivity contribution in [1.82, 2.24) is 9.97 Å². The molecule has 1 aromatic heterocycles. The van der Waals surface area contributed by atoms with Crippen molar-refractivity contribution in [2.75, 3.05) is 7.11 Å². The molecule has 0 aliphatic carbocycles. The van der Waals surface area contributed by atoms with Crippen LogP contribution >= 0.6 is 0 Å². The van der Waals surface area contributed by atoms with Crippen LogP contribution in [-0.2, 0) is 0 Å². The second-order valence-electron chi connectivity index (χ2n) is 3.54. The third kappa shape index (κ3) is 2.71. The Morgan fingerprint density at radius 1 is 1.28 bits per heavy atom. The van der Waals surface area contributed by atoms with Gasteiger partial charge in [0.05, 0.1) is 18.4 Å². The van der Waals surface area contributed by atoms with Crippen LogP contribution in [0.25, 0.3) is 12.2 Å². The molecule has 0 bridgehead atoms. The van der Waals surface area contributed by atoms with E-state index in [4.69, 9.17) is 10.00 Å². The molecule has 0 N–H and O–H groups in total. The standard InChI is InChI=1S/C14H11N3O/c1-18-14-5-3-11(8-12(14)9-15)2-4-13-6-7-16-10-17-13/h2-8,10H,1H3/b4-2+. The molecule has 0 saturated heterocycles. The van der Waals surface area contributed by atoms with Crippen molar-refractivity contribution in [3.8, 4) is 11.8 Å². The topological polar surface area (TPSA) is 58.8 Å². The smallest absolute Gasteiger partial charge is 0.136 e. The molecule has 2 aromatic rings. The van der Waals surface area contributed by atoms with Gasteiger partial charge in [-0.25, -0.2) is 9.97 Å². The number of nitriles is 1. The summed E-state index contributed by atoms with van der Waals surface area (Å²) in [6, 6.07) is 9.35. The highest BCUT2D eigenvalue weighted by molar-refractivity contribution is 5.69. The molecular formula is C14H11N3O. The maximum atomic E-state index is 8.98. The van der Waals surface area contributed by atoms with E-state index in [0.717, 1.165) is 11.3 Å². The van der Waals surface area contributed by atoms with E-state index in [0.29, 0.717) is 11.3 Å². The van der Waals surface area contributed by atoms with Crippen molar-refractivity contribution in [3.63, 3.8) is 0 Å². The minimum absolute atomic E-state index is 0.516. The molecule has 0 atom stereocenters. The van der Waals surface area contributed by atoms with Crippen LogP contribution in [0.1, 0.15) is 16.8 Å². The van der Waals surface area contributed by atoms with Gasteiger partial charge in [-0.3, -0.25) is 0 Å². The van der Waals surface area contributed by atoms with Gasteiger partial charge in [-0.15, -0.1) is 0 Å². The van der Waals surface area contributed by atoms with Crippen LogP contribution < -0.4 is 4.74 Å². The molecule has 1 heterocycles. The fraction of sp³-hybridized carbons (Fsp3) is 0.0714. The molecule has 0 spiro atoms. The Morgan fingerprint density at radius 2 is 2.17 bits per heavy atom. The molecule has 2 rings (SSSR count). The third-order valence-electron chi connectivity index (χ3n) is 2.40. The van der Waals surface area contributed by atoms with Crippen LogP contribution in [0.3, 0.4) is 0 Å². The molecule has 18 heavy (non-hydrogen) atoms. The molecule has 0 fully saturated rings. The number of benzene rings is 1. The second kappa shape index (κ2) is 5.60. The molecule has 88 valence electrons. The van der Waals surface area contributed by atoms with Crippen molar-refractivity contribution in [3.05, 3.63) is 53.6 Å². The quantitative estimate of drug-likeness (QED) is 0.823. The van der Waals surface area contributed by atoms with Gasteiger partial charge in [-0.05, 0) is 29.8 Å². The zero-order chi connectivity index (χ0) is 12.8. The van der Waals surface area contributed by atoms with E-state index in [1.165, 1.54) is 6.33 Å². The van der Waals surface area contributed by atoms with Crippen molar-refractivity contribution in [2.24, 2.45) is 0 Å². The van der Waals surface area contributed by atoms with Crippen molar-refractivity contribution >= 4 is 12.2 Å². The molecule has 0 radical (unpaired) electrons. The number of hydrogen-bond donors (Lipinski definition) is 0. The number of hydrogen-bond acceptors (Lipinski definition) is 4. The van der Waals surface area contributed by atoms with E-state index in [-0.39, 0.29) is 0 Å². The summed E-state index contributed by atoms with van der Waals surface area (Å²) in [5.41, 5.74) is 2.26. The molecule has 0 aliphatic heterocycles. The summed E-state index contributed by atoms with van der Waals surface area (Å²) in [5, 5.41) is 8.98. The van der Waals surface area contributed by atoms with Gasteiger partial charge >= 0.3 is 0 Å². The summed E-state index contributed by atoms with van der Waals surface area (Å²) >= 11 is 0. The average Bonchev–Trinajstić information content (AvgIpc) is 2.45. The van der Waals surface area contributed by atoms with Crippen LogP contribution in [-0.4, -0.2) is 17.1 Å². The summed E-state index contributed by atoms with van der Waals surface area (Å²) in [6.07, 6.45) is 6.93. The summed E-state index contributed by atoms with van der Waals surface area (Å²) in [5.74, 6) is 0.580. The molecule has 4 heteroatoms. The molecule has 1 aromatic carbocycles. The highest BCUT2D eigenvalue weighted by Crippen LogP contribution is 2.19. The maximum absolute atomic E-state index is 8.98. The van der Waals surface area contributed by atoms with Gasteiger partial charge < -0.3 is 4.74 Å². The zero-order valence-corrected chi connectivity index (χ0v) is 9.87. The fourth-order valence-electron chi connectivity index (χ4n) is 1.50. The lowest BCUT2D eigenvalue weighted by Crippen LogP contribution is -1.88. The van der Waals surface area contributed by atoms with E-state index in [1.807, 2.05) is 24.3 Å². The Morgan fingerprint density at radius 3 is 2.83 bits per heavy atom. The Balaban J connectivity index is 2.26. The van der Waals surface area contributed by atoms with Crippen molar-refractivity contribution < 1.29 is 4.74 Å². The molecule has 0 aliphatic rings. The molecular weight excluding hydrogens is 226 g/mol. The first-order chi connectivity index (χ1) is 8.83. The van der Waals surface area contributed by atoms with Gasteiger partial charge in [0.2, 0.25) is 0 Å². The number of ether oxygens (including phenoxy) is 1. The van der Waals surface area contributed by atoms with Gasteiger partial charge in [0.15, 0.2) is 0 Å². The van der Waals surface area contributed by atoms with Crippen LogP contribution in [0, 0.1) is 11.3 Å². The lowest BCUT2D eigenvalue weighted by Gasteiger charge is -2.02.